The van der Waals surface area contributed by atoms with Gasteiger partial charge in [-0.25, -0.2) is 10.3 Å². The second kappa shape index (κ2) is 3.99. The normalized spacial score (nSPS) is 28.4. The molecule has 4 nitrogen and oxygen atoms in total. The maximum Gasteiger partial charge on any atom is 0.240 e. The van der Waals surface area contributed by atoms with Gasteiger partial charge in [0.25, 0.3) is 0 Å². The van der Waals surface area contributed by atoms with Crippen molar-refractivity contribution in [3.8, 4) is 0 Å². The van der Waals surface area contributed by atoms with Gasteiger partial charge in [-0.1, -0.05) is 60.7 Å². The third-order valence-corrected chi connectivity index (χ3v) is 3.40. The lowest BCUT2D eigenvalue weighted by Crippen LogP contribution is -2.43. The smallest absolute Gasteiger partial charge is 0.235 e. The Morgan fingerprint density at radius 3 is 2.32 bits per heavy atom. The van der Waals surface area contributed by atoms with Crippen LogP contribution in [0.5, 0.6) is 0 Å². The number of nitrogens with one attached hydrogen (secondary N) is 1. The van der Waals surface area contributed by atoms with Crippen LogP contribution in [0.3, 0.4) is 0 Å². The zero-order valence-corrected chi connectivity index (χ0v) is 10.1. The summed E-state index contributed by atoms with van der Waals surface area (Å²) in [7, 11) is 0. The zero-order chi connectivity index (χ0) is 12.7. The number of nitrogens with zero attached hydrogens (tertiary/aromatic N) is 1. The molecule has 94 valence electrons. The van der Waals surface area contributed by atoms with Crippen molar-refractivity contribution in [3.63, 3.8) is 0 Å². The monoisotopic (exact) mass is 252 g/mol. The molecule has 2 heterocycles. The number of fused-ring (bicyclic) bond motifs is 2. The molecule has 1 saturated heterocycles. The molecule has 2 aromatic carbocycles. The Labute approximate surface area is 110 Å². The van der Waals surface area contributed by atoms with Crippen molar-refractivity contribution in [1.29, 1.82) is 0 Å². The summed E-state index contributed by atoms with van der Waals surface area (Å²) >= 11 is 0. The minimum atomic E-state index is -0.798. The first-order valence-corrected chi connectivity index (χ1v) is 6.20. The maximum atomic E-state index is 5.55. The Morgan fingerprint density at radius 1 is 0.947 bits per heavy atom. The lowest BCUT2D eigenvalue weighted by atomic mass is 9.93. The molecule has 2 atom stereocenters. The average molecular weight is 252 g/mol. The topological polar surface area (TPSA) is 42.9 Å². The van der Waals surface area contributed by atoms with Gasteiger partial charge < -0.3 is 0 Å². The van der Waals surface area contributed by atoms with Gasteiger partial charge in [0.1, 0.15) is 5.71 Å². The highest BCUT2D eigenvalue weighted by Gasteiger charge is 2.53. The predicted molar refractivity (Wildman–Crippen MR) is 70.2 cm³/mol. The summed E-state index contributed by atoms with van der Waals surface area (Å²) in [6.07, 6.45) is -0.435. The van der Waals surface area contributed by atoms with Gasteiger partial charge in [-0.3, -0.25) is 0 Å². The van der Waals surface area contributed by atoms with Crippen LogP contribution < -0.4 is 5.32 Å². The lowest BCUT2D eigenvalue weighted by Gasteiger charge is -2.26. The van der Waals surface area contributed by atoms with Crippen molar-refractivity contribution in [3.05, 3.63) is 71.8 Å². The number of hydrogen-bond acceptors (Lipinski definition) is 4. The molecule has 0 radical (unpaired) electrons. The van der Waals surface area contributed by atoms with Gasteiger partial charge in [0, 0.05) is 11.1 Å². The van der Waals surface area contributed by atoms with E-state index >= 15 is 0 Å². The van der Waals surface area contributed by atoms with Gasteiger partial charge in [0.15, 0.2) is 0 Å². The third kappa shape index (κ3) is 1.55. The molecule has 4 heteroatoms. The summed E-state index contributed by atoms with van der Waals surface area (Å²) < 4.78 is 0. The summed E-state index contributed by atoms with van der Waals surface area (Å²) in [5.74, 6) is 0. The van der Waals surface area contributed by atoms with E-state index in [9.17, 15) is 0 Å². The molecule has 0 saturated carbocycles. The van der Waals surface area contributed by atoms with Crippen LogP contribution in [0.2, 0.25) is 0 Å². The molecule has 0 spiro atoms. The first-order chi connectivity index (χ1) is 9.38. The second-order valence-electron chi connectivity index (χ2n) is 4.57. The third-order valence-electron chi connectivity index (χ3n) is 3.40. The summed E-state index contributed by atoms with van der Waals surface area (Å²) in [5.41, 5.74) is 2.07. The minimum absolute atomic E-state index is 0.435. The first kappa shape index (κ1) is 10.9. The van der Waals surface area contributed by atoms with Crippen molar-refractivity contribution in [2.45, 2.75) is 12.1 Å². The molecular weight excluding hydrogens is 240 g/mol. The van der Waals surface area contributed by atoms with Gasteiger partial charge in [0.05, 0.1) is 0 Å². The Hall–Kier alpha value is -2.01. The number of aliphatic imine (C=N–C) groups is 1. The molecule has 0 aromatic heterocycles. The Morgan fingerprint density at radius 2 is 1.63 bits per heavy atom. The largest absolute Gasteiger partial charge is 0.240 e. The molecule has 2 aliphatic heterocycles. The maximum absolute atomic E-state index is 5.55. The number of benzene rings is 2. The summed E-state index contributed by atoms with van der Waals surface area (Å²) in [4.78, 5) is 15.2. The van der Waals surface area contributed by atoms with Gasteiger partial charge in [-0.15, -0.1) is 0 Å². The SMILES string of the molecule is c1ccc(C2=NC3NC2(c2ccccc2)OO3)cc1. The fourth-order valence-electron chi connectivity index (χ4n) is 2.52. The van der Waals surface area contributed by atoms with E-state index in [-0.39, 0.29) is 0 Å². The zero-order valence-electron chi connectivity index (χ0n) is 10.1. The van der Waals surface area contributed by atoms with E-state index in [0.717, 1.165) is 16.8 Å². The summed E-state index contributed by atoms with van der Waals surface area (Å²) in [6, 6.07) is 19.9. The van der Waals surface area contributed by atoms with Gasteiger partial charge in [0.2, 0.25) is 12.1 Å². The molecule has 2 bridgehead atoms. The average Bonchev–Trinajstić information content (AvgIpc) is 3.08. The van der Waals surface area contributed by atoms with Crippen molar-refractivity contribution < 1.29 is 9.78 Å². The van der Waals surface area contributed by atoms with Gasteiger partial charge in [-0.05, 0) is 0 Å². The molecule has 4 rings (SSSR count). The van der Waals surface area contributed by atoms with Crippen molar-refractivity contribution >= 4 is 5.71 Å². The van der Waals surface area contributed by atoms with E-state index in [1.165, 1.54) is 0 Å². The first-order valence-electron chi connectivity index (χ1n) is 6.20. The number of rotatable bonds is 2. The van der Waals surface area contributed by atoms with Crippen LogP contribution in [-0.4, -0.2) is 12.1 Å². The number of hydrogen-bond donors (Lipinski definition) is 1. The summed E-state index contributed by atoms with van der Waals surface area (Å²) in [6.45, 7) is 0. The van der Waals surface area contributed by atoms with Crippen molar-refractivity contribution in [1.82, 2.24) is 5.32 Å². The van der Waals surface area contributed by atoms with Crippen LogP contribution >= 0.6 is 0 Å². The quantitative estimate of drug-likeness (QED) is 0.833. The highest BCUT2D eigenvalue weighted by molar-refractivity contribution is 6.08. The Balaban J connectivity index is 1.86. The lowest BCUT2D eigenvalue weighted by molar-refractivity contribution is -0.319. The van der Waals surface area contributed by atoms with Gasteiger partial charge >= 0.3 is 0 Å². The standard InChI is InChI=1S/C15H12N2O2/c1-3-7-11(8-4-1)13-15(12-9-5-2-6-10-12)17-14(16-13)18-19-15/h1-10,14,17H. The molecule has 1 fully saturated rings. The van der Waals surface area contributed by atoms with Crippen LogP contribution in [0.25, 0.3) is 0 Å². The summed E-state index contributed by atoms with van der Waals surface area (Å²) in [5, 5.41) is 3.26. The van der Waals surface area contributed by atoms with Crippen LogP contribution in [0.1, 0.15) is 11.1 Å². The fraction of sp³-hybridized carbons (Fsp3) is 0.133. The van der Waals surface area contributed by atoms with E-state index in [1.54, 1.807) is 0 Å². The van der Waals surface area contributed by atoms with Crippen LogP contribution in [0.15, 0.2) is 65.7 Å². The molecular formula is C15H12N2O2. The van der Waals surface area contributed by atoms with Crippen LogP contribution in [0.4, 0.5) is 0 Å². The highest BCUT2D eigenvalue weighted by Crippen LogP contribution is 2.38. The molecule has 2 aromatic rings. The van der Waals surface area contributed by atoms with E-state index in [1.807, 2.05) is 60.7 Å². The molecule has 0 aliphatic carbocycles. The van der Waals surface area contributed by atoms with Crippen molar-refractivity contribution in [2.24, 2.45) is 4.99 Å². The van der Waals surface area contributed by atoms with Crippen LogP contribution in [0, 0.1) is 0 Å². The molecule has 19 heavy (non-hydrogen) atoms. The van der Waals surface area contributed by atoms with E-state index in [0.29, 0.717) is 0 Å². The van der Waals surface area contributed by atoms with Crippen LogP contribution in [-0.2, 0) is 15.5 Å². The molecule has 2 unspecified atom stereocenters. The fourth-order valence-corrected chi connectivity index (χ4v) is 2.52. The second-order valence-corrected chi connectivity index (χ2v) is 4.57. The molecule has 0 amide bonds. The van der Waals surface area contributed by atoms with E-state index in [2.05, 4.69) is 10.3 Å². The van der Waals surface area contributed by atoms with E-state index in [4.69, 9.17) is 9.78 Å². The Kier molecular flexibility index (Phi) is 2.29. The van der Waals surface area contributed by atoms with Gasteiger partial charge in [-0.2, -0.15) is 9.78 Å². The van der Waals surface area contributed by atoms with Crippen molar-refractivity contribution in [2.75, 3.05) is 0 Å². The Bertz CT molecular complexity index is 627. The van der Waals surface area contributed by atoms with E-state index < -0.39 is 12.1 Å². The minimum Gasteiger partial charge on any atom is -0.235 e. The predicted octanol–water partition coefficient (Wildman–Crippen LogP) is 2.18. The molecule has 2 aliphatic rings. The molecule has 1 N–H and O–H groups in total. The highest BCUT2D eigenvalue weighted by atomic mass is 17.2.